The average Bonchev–Trinajstić information content (AvgIpc) is 3.20. The van der Waals surface area contributed by atoms with E-state index in [4.69, 9.17) is 15.6 Å². The van der Waals surface area contributed by atoms with Crippen LogP contribution in [-0.2, 0) is 31.5 Å². The Hall–Kier alpha value is -2.95. The van der Waals surface area contributed by atoms with E-state index in [1.165, 1.54) is 0 Å². The van der Waals surface area contributed by atoms with Crippen molar-refractivity contribution in [2.24, 2.45) is 11.7 Å². The molecule has 1 saturated carbocycles. The molecule has 0 amide bonds. The highest BCUT2D eigenvalue weighted by atomic mass is 32.2. The lowest BCUT2D eigenvalue weighted by atomic mass is 9.74. The minimum Gasteiger partial charge on any atom is -0.475 e. The predicted molar refractivity (Wildman–Crippen MR) is 119 cm³/mol. The number of fused-ring (bicyclic) bond motifs is 3. The van der Waals surface area contributed by atoms with Gasteiger partial charge in [0.2, 0.25) is 0 Å². The Bertz CT molecular complexity index is 1390. The van der Waals surface area contributed by atoms with Crippen LogP contribution in [0.1, 0.15) is 36.0 Å². The minimum absolute atomic E-state index is 0.00326. The number of aryl methyl sites for hydroxylation is 1. The average molecular weight is 627 g/mol. The number of halogens is 11. The van der Waals surface area contributed by atoms with Crippen LogP contribution >= 0.6 is 0 Å². The summed E-state index contributed by atoms with van der Waals surface area (Å²) in [5.41, 5.74) is -1.25. The molecule has 41 heavy (non-hydrogen) atoms. The van der Waals surface area contributed by atoms with Crippen molar-refractivity contribution in [1.29, 1.82) is 0 Å². The summed E-state index contributed by atoms with van der Waals surface area (Å²) in [5.74, 6) is -4.13. The van der Waals surface area contributed by atoms with E-state index >= 15 is 0 Å². The minimum atomic E-state index is -6.29. The molecule has 2 aromatic carbocycles. The summed E-state index contributed by atoms with van der Waals surface area (Å²) in [6.45, 7) is 0. The Morgan fingerprint density at radius 2 is 1.39 bits per heavy atom. The van der Waals surface area contributed by atoms with Crippen molar-refractivity contribution in [3.05, 3.63) is 65.0 Å². The maximum atomic E-state index is 14.6. The van der Waals surface area contributed by atoms with Crippen LogP contribution in [0.2, 0.25) is 0 Å². The number of carboxylic acid groups (broad SMARTS) is 1. The molecule has 2 aromatic rings. The van der Waals surface area contributed by atoms with Crippen LogP contribution in [0.3, 0.4) is 0 Å². The molecule has 3 N–H and O–H groups in total. The van der Waals surface area contributed by atoms with Crippen LogP contribution in [0.5, 0.6) is 0 Å². The quantitative estimate of drug-likeness (QED) is 0.317. The van der Waals surface area contributed by atoms with Gasteiger partial charge in [-0.05, 0) is 67.0 Å². The molecule has 1 fully saturated rings. The fourth-order valence-electron chi connectivity index (χ4n) is 5.42. The molecule has 17 heteroatoms. The molecular formula is C24H20F11NO4S. The molecule has 0 radical (unpaired) electrons. The third-order valence-corrected chi connectivity index (χ3v) is 9.85. The summed E-state index contributed by atoms with van der Waals surface area (Å²) in [7, 11) is -4.31. The lowest BCUT2D eigenvalue weighted by molar-refractivity contribution is -0.348. The van der Waals surface area contributed by atoms with Crippen LogP contribution in [0, 0.1) is 11.7 Å². The summed E-state index contributed by atoms with van der Waals surface area (Å²) >= 11 is 0. The van der Waals surface area contributed by atoms with Gasteiger partial charge >= 0.3 is 30.2 Å². The van der Waals surface area contributed by atoms with E-state index < -0.39 is 68.1 Å². The van der Waals surface area contributed by atoms with Crippen LogP contribution in [-0.4, -0.2) is 44.1 Å². The molecule has 0 aliphatic heterocycles. The molecule has 0 aromatic heterocycles. The number of sulfone groups is 1. The van der Waals surface area contributed by atoms with Crippen molar-refractivity contribution in [2.75, 3.05) is 0 Å². The molecule has 0 spiro atoms. The summed E-state index contributed by atoms with van der Waals surface area (Å²) in [4.78, 5) is 8.64. The maximum Gasteiger partial charge on any atom is 0.490 e. The van der Waals surface area contributed by atoms with Gasteiger partial charge in [-0.1, -0.05) is 18.2 Å². The van der Waals surface area contributed by atoms with E-state index in [0.717, 1.165) is 30.3 Å². The van der Waals surface area contributed by atoms with Crippen LogP contribution in [0.15, 0.2) is 47.4 Å². The molecule has 5 nitrogen and oxygen atoms in total. The second-order valence-electron chi connectivity index (χ2n) is 9.52. The van der Waals surface area contributed by atoms with Gasteiger partial charge < -0.3 is 10.8 Å². The van der Waals surface area contributed by atoms with E-state index in [2.05, 4.69) is 0 Å². The van der Waals surface area contributed by atoms with Gasteiger partial charge in [0.05, 0.1) is 4.90 Å². The maximum absolute atomic E-state index is 14.6. The largest absolute Gasteiger partial charge is 0.490 e. The first kappa shape index (κ1) is 32.6. The zero-order valence-corrected chi connectivity index (χ0v) is 21.2. The van der Waals surface area contributed by atoms with E-state index in [1.54, 1.807) is 0 Å². The number of nitrogens with two attached hydrogens (primary N) is 1. The van der Waals surface area contributed by atoms with Gasteiger partial charge in [0.25, 0.3) is 0 Å². The molecule has 0 unspecified atom stereocenters. The smallest absolute Gasteiger partial charge is 0.475 e. The number of carbonyl (C=O) groups is 1. The van der Waals surface area contributed by atoms with Gasteiger partial charge in [-0.25, -0.2) is 22.0 Å². The molecular weight excluding hydrogens is 607 g/mol. The predicted octanol–water partition coefficient (Wildman–Crippen LogP) is 6.10. The molecule has 228 valence electrons. The summed E-state index contributed by atoms with van der Waals surface area (Å²) < 4.78 is 165. The van der Waals surface area contributed by atoms with Crippen LogP contribution in [0.25, 0.3) is 0 Å². The summed E-state index contributed by atoms with van der Waals surface area (Å²) in [5, 5.41) is 7.12. The second kappa shape index (κ2) is 10.4. The zero-order valence-electron chi connectivity index (χ0n) is 20.3. The van der Waals surface area contributed by atoms with Crippen molar-refractivity contribution in [3.63, 3.8) is 0 Å². The third kappa shape index (κ3) is 5.37. The Kier molecular flexibility index (Phi) is 8.26. The van der Waals surface area contributed by atoms with Crippen molar-refractivity contribution in [1.82, 2.24) is 0 Å². The second-order valence-corrected chi connectivity index (χ2v) is 11.7. The van der Waals surface area contributed by atoms with E-state index in [-0.39, 0.29) is 41.7 Å². The monoisotopic (exact) mass is 627 g/mol. The number of alkyl halides is 10. The highest BCUT2D eigenvalue weighted by Gasteiger charge is 2.73. The molecule has 0 bridgehead atoms. The van der Waals surface area contributed by atoms with Gasteiger partial charge in [0, 0.05) is 11.6 Å². The van der Waals surface area contributed by atoms with Crippen LogP contribution < -0.4 is 5.73 Å². The molecule has 2 aliphatic carbocycles. The normalized spacial score (nSPS) is 23.2. The standard InChI is InChI=1S/C22H19F8NO2S.C2HF3O2/c23-14-3-5-15(6-4-14)34(32,33)19-10-9-18(31)17(19)7-1-12-11-13(2-8-16(12)19)20(24,21(25,26)27)22(28,29)30;3-2(4,5)1(6)7/h2-6,8,11,17-18H,1,7,9-10,31H2;(H,6,7)/t17-,18+,19+;/m0./s1. The molecule has 4 rings (SSSR count). The van der Waals surface area contributed by atoms with Crippen molar-refractivity contribution in [3.8, 4) is 0 Å². The summed E-state index contributed by atoms with van der Waals surface area (Å²) in [6.07, 6.45) is -17.5. The molecule has 2 aliphatic rings. The van der Waals surface area contributed by atoms with Gasteiger partial charge in [-0.2, -0.15) is 39.5 Å². The fourth-order valence-corrected chi connectivity index (χ4v) is 7.91. The van der Waals surface area contributed by atoms with E-state index in [0.29, 0.717) is 12.1 Å². The number of hydrogen-bond acceptors (Lipinski definition) is 4. The topological polar surface area (TPSA) is 97.5 Å². The van der Waals surface area contributed by atoms with E-state index in [1.807, 2.05) is 0 Å². The number of hydrogen-bond donors (Lipinski definition) is 2. The Morgan fingerprint density at radius 1 is 0.878 bits per heavy atom. The molecule has 0 heterocycles. The number of aliphatic carboxylic acids is 1. The van der Waals surface area contributed by atoms with Crippen molar-refractivity contribution in [2.45, 2.75) is 65.6 Å². The Balaban J connectivity index is 0.000000587. The molecule has 0 saturated heterocycles. The van der Waals surface area contributed by atoms with Gasteiger partial charge in [-0.3, -0.25) is 0 Å². The third-order valence-electron chi connectivity index (χ3n) is 7.28. The first-order valence-electron chi connectivity index (χ1n) is 11.5. The number of benzene rings is 2. The van der Waals surface area contributed by atoms with E-state index in [9.17, 15) is 56.7 Å². The Morgan fingerprint density at radius 3 is 1.85 bits per heavy atom. The van der Waals surface area contributed by atoms with Gasteiger partial charge in [0.15, 0.2) is 9.84 Å². The lowest BCUT2D eigenvalue weighted by Gasteiger charge is -2.42. The number of rotatable bonds is 3. The van der Waals surface area contributed by atoms with Crippen molar-refractivity contribution < 1.29 is 66.6 Å². The van der Waals surface area contributed by atoms with Gasteiger partial charge in [-0.15, -0.1) is 0 Å². The first-order valence-corrected chi connectivity index (χ1v) is 13.0. The SMILES string of the molecule is N[C@@H]1CC[C@@]2(S(=O)(=O)c3ccc(F)cc3)c3ccc(C(F)(C(F)(F)F)C(F)(F)F)cc3CC[C@@H]12.O=C(O)C(F)(F)F. The zero-order chi connectivity index (χ0) is 31.4. The highest BCUT2D eigenvalue weighted by molar-refractivity contribution is 7.92. The number of carboxylic acids is 1. The highest BCUT2D eigenvalue weighted by Crippen LogP contribution is 2.58. The molecule has 3 atom stereocenters. The fraction of sp³-hybridized carbons (Fsp3) is 0.458. The summed E-state index contributed by atoms with van der Waals surface area (Å²) in [6, 6.07) is 5.00. The van der Waals surface area contributed by atoms with Crippen molar-refractivity contribution >= 4 is 15.8 Å². The lowest BCUT2D eigenvalue weighted by Crippen LogP contribution is -2.51. The first-order chi connectivity index (χ1) is 18.5. The van der Waals surface area contributed by atoms with Gasteiger partial charge in [0.1, 0.15) is 10.6 Å². The van der Waals surface area contributed by atoms with Crippen LogP contribution in [0.4, 0.5) is 48.3 Å². The Labute approximate surface area is 225 Å².